The van der Waals surface area contributed by atoms with Crippen LogP contribution in [-0.4, -0.2) is 4.57 Å². The van der Waals surface area contributed by atoms with Gasteiger partial charge in [0, 0.05) is 33.1 Å². The second kappa shape index (κ2) is 15.5. The molecular weight excluding hydrogens is 797 g/mol. The normalized spacial score (nSPS) is 11.6. The van der Waals surface area contributed by atoms with E-state index in [0.717, 1.165) is 33.9 Å². The highest BCUT2D eigenvalue weighted by Crippen LogP contribution is 2.47. The molecule has 2 nitrogen and oxygen atoms in total. The number of rotatable bonds is 7. The third-order valence-electron chi connectivity index (χ3n) is 13.5. The highest BCUT2D eigenvalue weighted by Gasteiger charge is 2.22. The number of para-hydroxylation sites is 2. The molecule has 0 spiro atoms. The largest absolute Gasteiger partial charge is 0.309 e. The smallest absolute Gasteiger partial charge is 0.0547 e. The Morgan fingerprint density at radius 3 is 1.74 bits per heavy atom. The monoisotopic (exact) mass is 838 g/mol. The fourth-order valence-corrected chi connectivity index (χ4v) is 10.5. The Morgan fingerprint density at radius 2 is 0.879 bits per heavy atom. The molecule has 1 aromatic heterocycles. The molecule has 0 aliphatic heterocycles. The first-order valence-electron chi connectivity index (χ1n) is 22.8. The molecule has 0 aliphatic rings. The molecule has 2 heteroatoms. The minimum Gasteiger partial charge on any atom is -0.309 e. The Labute approximate surface area is 383 Å². The van der Waals surface area contributed by atoms with Crippen LogP contribution < -0.4 is 4.90 Å². The summed E-state index contributed by atoms with van der Waals surface area (Å²) in [5, 5.41) is 12.4. The van der Waals surface area contributed by atoms with Gasteiger partial charge in [-0.3, -0.25) is 0 Å². The van der Waals surface area contributed by atoms with Crippen LogP contribution in [0, 0.1) is 0 Å². The van der Waals surface area contributed by atoms with Gasteiger partial charge in [-0.15, -0.1) is 0 Å². The van der Waals surface area contributed by atoms with Crippen LogP contribution in [0.3, 0.4) is 0 Å². The molecule has 1 heterocycles. The first-order valence-corrected chi connectivity index (χ1v) is 22.8. The van der Waals surface area contributed by atoms with Gasteiger partial charge in [-0.1, -0.05) is 200 Å². The zero-order chi connectivity index (χ0) is 43.6. The van der Waals surface area contributed by atoms with Crippen molar-refractivity contribution in [2.24, 2.45) is 0 Å². The van der Waals surface area contributed by atoms with Crippen molar-refractivity contribution in [2.75, 3.05) is 4.90 Å². The lowest BCUT2D eigenvalue weighted by atomic mass is 9.93. The van der Waals surface area contributed by atoms with E-state index in [1.807, 2.05) is 0 Å². The summed E-state index contributed by atoms with van der Waals surface area (Å²) >= 11 is 0. The maximum absolute atomic E-state index is 2.48. The zero-order valence-electron chi connectivity index (χ0n) is 36.1. The molecule has 66 heavy (non-hydrogen) atoms. The van der Waals surface area contributed by atoms with E-state index >= 15 is 0 Å². The summed E-state index contributed by atoms with van der Waals surface area (Å²) in [5.41, 5.74) is 13.9. The van der Waals surface area contributed by atoms with E-state index in [0.29, 0.717) is 0 Å². The van der Waals surface area contributed by atoms with E-state index in [1.165, 1.54) is 87.1 Å². The van der Waals surface area contributed by atoms with Crippen molar-refractivity contribution in [1.82, 2.24) is 4.57 Å². The molecule has 0 fully saturated rings. The molecule has 0 saturated carbocycles. The predicted molar refractivity (Wildman–Crippen MR) is 282 cm³/mol. The number of fused-ring (bicyclic) bond motifs is 8. The van der Waals surface area contributed by atoms with Gasteiger partial charge in [0.1, 0.15) is 0 Å². The third kappa shape index (κ3) is 6.18. The van der Waals surface area contributed by atoms with Gasteiger partial charge in [-0.05, 0) is 120 Å². The van der Waals surface area contributed by atoms with E-state index in [-0.39, 0.29) is 0 Å². The van der Waals surface area contributed by atoms with Gasteiger partial charge in [-0.25, -0.2) is 0 Å². The van der Waals surface area contributed by atoms with Crippen molar-refractivity contribution in [3.8, 4) is 39.1 Å². The van der Waals surface area contributed by atoms with Crippen LogP contribution in [0.5, 0.6) is 0 Å². The molecule has 0 N–H and O–H groups in total. The number of nitrogens with zero attached hydrogens (tertiary/aromatic N) is 2. The summed E-state index contributed by atoms with van der Waals surface area (Å²) in [7, 11) is 0. The molecule has 0 unspecified atom stereocenters. The van der Waals surface area contributed by atoms with Crippen molar-refractivity contribution < 1.29 is 0 Å². The van der Waals surface area contributed by atoms with Gasteiger partial charge < -0.3 is 9.47 Å². The molecule has 0 amide bonds. The van der Waals surface area contributed by atoms with Gasteiger partial charge >= 0.3 is 0 Å². The number of hydrogen-bond acceptors (Lipinski definition) is 1. The lowest BCUT2D eigenvalue weighted by molar-refractivity contribution is 1.18. The van der Waals surface area contributed by atoms with Gasteiger partial charge in [0.05, 0.1) is 22.4 Å². The van der Waals surface area contributed by atoms with Gasteiger partial charge in [0.2, 0.25) is 0 Å². The molecule has 13 rings (SSSR count). The predicted octanol–water partition coefficient (Wildman–Crippen LogP) is 17.9. The Hall–Kier alpha value is -8.72. The Morgan fingerprint density at radius 1 is 0.273 bits per heavy atom. The minimum absolute atomic E-state index is 1.08. The minimum atomic E-state index is 1.08. The molecule has 0 atom stereocenters. The first kappa shape index (κ1) is 37.8. The quantitative estimate of drug-likeness (QED) is 0.155. The fourth-order valence-electron chi connectivity index (χ4n) is 10.5. The number of hydrogen-bond donors (Lipinski definition) is 0. The highest BCUT2D eigenvalue weighted by molar-refractivity contribution is 6.21. The van der Waals surface area contributed by atoms with Crippen molar-refractivity contribution in [2.45, 2.75) is 0 Å². The van der Waals surface area contributed by atoms with E-state index in [1.54, 1.807) is 0 Å². The van der Waals surface area contributed by atoms with E-state index < -0.39 is 0 Å². The van der Waals surface area contributed by atoms with Gasteiger partial charge in [0.15, 0.2) is 0 Å². The average Bonchev–Trinajstić information content (AvgIpc) is 3.74. The maximum Gasteiger partial charge on any atom is 0.0547 e. The maximum atomic E-state index is 2.48. The summed E-state index contributed by atoms with van der Waals surface area (Å²) in [6.45, 7) is 0. The topological polar surface area (TPSA) is 8.17 Å². The lowest BCUT2D eigenvalue weighted by Gasteiger charge is -2.30. The molecule has 0 bridgehead atoms. The van der Waals surface area contributed by atoms with Crippen molar-refractivity contribution in [3.05, 3.63) is 255 Å². The van der Waals surface area contributed by atoms with Gasteiger partial charge in [-0.2, -0.15) is 0 Å². The van der Waals surface area contributed by atoms with Crippen molar-refractivity contribution in [1.29, 1.82) is 0 Å². The molecule has 308 valence electrons. The van der Waals surface area contributed by atoms with E-state index in [4.69, 9.17) is 0 Å². The fraction of sp³-hybridized carbons (Fsp3) is 0. The number of anilines is 3. The van der Waals surface area contributed by atoms with Crippen LogP contribution in [0.15, 0.2) is 255 Å². The van der Waals surface area contributed by atoms with Crippen molar-refractivity contribution in [3.63, 3.8) is 0 Å². The molecule has 0 aliphatic carbocycles. The number of aromatic nitrogens is 1. The van der Waals surface area contributed by atoms with Crippen LogP contribution in [0.4, 0.5) is 17.1 Å². The van der Waals surface area contributed by atoms with E-state index in [9.17, 15) is 0 Å². The second-order valence-electron chi connectivity index (χ2n) is 17.3. The molecule has 13 aromatic rings. The average molecular weight is 839 g/mol. The Kier molecular flexibility index (Phi) is 8.89. The van der Waals surface area contributed by atoms with Crippen LogP contribution in [0.2, 0.25) is 0 Å². The number of benzene rings is 12. The zero-order valence-corrected chi connectivity index (χ0v) is 36.1. The molecule has 0 saturated heterocycles. The summed E-state index contributed by atoms with van der Waals surface area (Å²) in [5.74, 6) is 0. The summed E-state index contributed by atoms with van der Waals surface area (Å²) in [6.07, 6.45) is 0. The Balaban J connectivity index is 1.01. The summed E-state index contributed by atoms with van der Waals surface area (Å²) < 4.78 is 2.43. The van der Waals surface area contributed by atoms with Crippen molar-refractivity contribution >= 4 is 82.0 Å². The van der Waals surface area contributed by atoms with Gasteiger partial charge in [0.25, 0.3) is 0 Å². The second-order valence-corrected chi connectivity index (χ2v) is 17.3. The molecule has 0 radical (unpaired) electrons. The molecular formula is C64H42N2. The van der Waals surface area contributed by atoms with Crippen LogP contribution >= 0.6 is 0 Å². The molecule has 12 aromatic carbocycles. The highest BCUT2D eigenvalue weighted by atomic mass is 15.1. The van der Waals surface area contributed by atoms with Crippen LogP contribution in [0.1, 0.15) is 0 Å². The Bertz CT molecular complexity index is 4020. The summed E-state index contributed by atoms with van der Waals surface area (Å²) in [4.78, 5) is 2.48. The standard InChI is InChI=1S/C64H42N2/c1-2-19-46-40-49(35-34-43(46)16-1)53-37-39-62(58-28-8-7-27-55(53)58)65(60-32-11-9-29-57(60)56-31-15-20-44-17-3-5-25-52(44)56)50-23-13-21-47(41-50)48-22-14-24-51(42-48)66-61-33-12-10-30-59(61)64-54-26-6-4-18-45(54)36-38-63(64)66/h1-42H. The van der Waals surface area contributed by atoms with Crippen LogP contribution in [-0.2, 0) is 0 Å². The third-order valence-corrected chi connectivity index (χ3v) is 13.5. The van der Waals surface area contributed by atoms with E-state index in [2.05, 4.69) is 264 Å². The summed E-state index contributed by atoms with van der Waals surface area (Å²) in [6, 6.07) is 93.4. The first-order chi connectivity index (χ1) is 32.7. The van der Waals surface area contributed by atoms with Crippen LogP contribution in [0.25, 0.3) is 104 Å². The lowest BCUT2D eigenvalue weighted by Crippen LogP contribution is -2.12. The SMILES string of the molecule is c1cc(-c2cccc(-n3c4ccccc4c4c5ccccc5ccc43)c2)cc(N(c2ccccc2-c2cccc3ccccc23)c2ccc(-c3ccc4ccccc4c3)c3ccccc23)c1.